The number of amides is 1. The molecule has 0 aliphatic rings. The van der Waals surface area contributed by atoms with Crippen LogP contribution in [0.5, 0.6) is 0 Å². The van der Waals surface area contributed by atoms with Gasteiger partial charge in [0.2, 0.25) is 0 Å². The summed E-state index contributed by atoms with van der Waals surface area (Å²) in [5, 5.41) is 8.18. The topological polar surface area (TPSA) is 93.2 Å². The smallest absolute Gasteiger partial charge is 0.313 e. The van der Waals surface area contributed by atoms with Crippen molar-refractivity contribution in [2.75, 3.05) is 17.2 Å². The molecule has 0 radical (unpaired) electrons. The van der Waals surface area contributed by atoms with Gasteiger partial charge in [0.05, 0.1) is 18.1 Å². The fraction of sp³-hybridized carbons (Fsp3) is 0.154. The second-order valence-corrected chi connectivity index (χ2v) is 7.51. The molecule has 2 N–H and O–H groups in total. The molecule has 0 saturated carbocycles. The number of carbonyl (C=O) groups excluding carboxylic acids is 2. The standard InChI is InChI=1S/C26H24N4O3/c1-3-33-26(32)17(2)18-6-9-21(10-7-18)30-25(31)23-5-4-13-28-24(23)29-22-11-8-19-12-14-27-16-20(19)15-22/h4-17H,3H2,1-2H3,(H,28,29)(H,30,31). The molecule has 2 aromatic carbocycles. The Labute approximate surface area is 191 Å². The molecule has 0 spiro atoms. The van der Waals surface area contributed by atoms with E-state index in [1.165, 1.54) is 0 Å². The molecule has 0 aliphatic heterocycles. The Bertz CT molecular complexity index is 1290. The van der Waals surface area contributed by atoms with E-state index < -0.39 is 0 Å². The first kappa shape index (κ1) is 22.0. The Morgan fingerprint density at radius 1 is 0.970 bits per heavy atom. The van der Waals surface area contributed by atoms with Crippen LogP contribution < -0.4 is 10.6 Å². The van der Waals surface area contributed by atoms with Crippen LogP contribution in [0, 0.1) is 0 Å². The summed E-state index contributed by atoms with van der Waals surface area (Å²) in [6.45, 7) is 3.92. The normalized spacial score (nSPS) is 11.6. The van der Waals surface area contributed by atoms with E-state index in [4.69, 9.17) is 4.74 Å². The molecule has 4 rings (SSSR count). The van der Waals surface area contributed by atoms with Gasteiger partial charge in [0.15, 0.2) is 0 Å². The van der Waals surface area contributed by atoms with Gasteiger partial charge in [0.1, 0.15) is 5.82 Å². The van der Waals surface area contributed by atoms with Crippen LogP contribution in [0.25, 0.3) is 10.8 Å². The number of benzene rings is 2. The van der Waals surface area contributed by atoms with E-state index in [-0.39, 0.29) is 17.8 Å². The number of ether oxygens (including phenoxy) is 1. The van der Waals surface area contributed by atoms with E-state index >= 15 is 0 Å². The number of nitrogens with zero attached hydrogens (tertiary/aromatic N) is 2. The Kier molecular flexibility index (Phi) is 6.59. The van der Waals surface area contributed by atoms with Crippen LogP contribution in [-0.2, 0) is 9.53 Å². The van der Waals surface area contributed by atoms with Crippen molar-refractivity contribution in [3.05, 3.63) is 90.4 Å². The van der Waals surface area contributed by atoms with E-state index in [9.17, 15) is 9.59 Å². The van der Waals surface area contributed by atoms with Crippen molar-refractivity contribution >= 4 is 39.8 Å². The van der Waals surface area contributed by atoms with Crippen molar-refractivity contribution in [3.63, 3.8) is 0 Å². The first-order valence-electron chi connectivity index (χ1n) is 10.7. The number of carbonyl (C=O) groups is 2. The maximum Gasteiger partial charge on any atom is 0.313 e. The molecule has 2 aromatic heterocycles. The number of rotatable bonds is 7. The van der Waals surface area contributed by atoms with Crippen LogP contribution in [0.15, 0.2) is 79.3 Å². The average molecular weight is 441 g/mol. The van der Waals surface area contributed by atoms with Gasteiger partial charge in [0, 0.05) is 35.4 Å². The Morgan fingerprint density at radius 3 is 2.55 bits per heavy atom. The molecule has 1 atom stereocenters. The summed E-state index contributed by atoms with van der Waals surface area (Å²) in [4.78, 5) is 33.4. The van der Waals surface area contributed by atoms with Gasteiger partial charge in [-0.1, -0.05) is 18.2 Å². The predicted molar refractivity (Wildman–Crippen MR) is 129 cm³/mol. The van der Waals surface area contributed by atoms with Crippen LogP contribution >= 0.6 is 0 Å². The highest BCUT2D eigenvalue weighted by Crippen LogP contribution is 2.24. The molecule has 33 heavy (non-hydrogen) atoms. The molecule has 0 aliphatic carbocycles. The molecule has 166 valence electrons. The maximum atomic E-state index is 13.0. The zero-order valence-electron chi connectivity index (χ0n) is 18.4. The minimum Gasteiger partial charge on any atom is -0.466 e. The summed E-state index contributed by atoms with van der Waals surface area (Å²) in [6, 6.07) is 18.4. The Morgan fingerprint density at radius 2 is 1.76 bits per heavy atom. The SMILES string of the molecule is CCOC(=O)C(C)c1ccc(NC(=O)c2cccnc2Nc2ccc3ccncc3c2)cc1. The van der Waals surface area contributed by atoms with Gasteiger partial charge in [-0.2, -0.15) is 0 Å². The van der Waals surface area contributed by atoms with E-state index in [0.29, 0.717) is 23.7 Å². The highest BCUT2D eigenvalue weighted by molar-refractivity contribution is 6.08. The molecule has 1 unspecified atom stereocenters. The van der Waals surface area contributed by atoms with Gasteiger partial charge in [0.25, 0.3) is 5.91 Å². The maximum absolute atomic E-state index is 13.0. The molecular weight excluding hydrogens is 416 g/mol. The highest BCUT2D eigenvalue weighted by atomic mass is 16.5. The van der Waals surface area contributed by atoms with Crippen LogP contribution in [0.1, 0.15) is 35.7 Å². The third-order valence-electron chi connectivity index (χ3n) is 5.26. The number of fused-ring (bicyclic) bond motifs is 1. The molecule has 0 bridgehead atoms. The minimum absolute atomic E-state index is 0.273. The van der Waals surface area contributed by atoms with Crippen LogP contribution in [0.3, 0.4) is 0 Å². The van der Waals surface area contributed by atoms with Gasteiger partial charge < -0.3 is 15.4 Å². The van der Waals surface area contributed by atoms with Gasteiger partial charge in [-0.15, -0.1) is 0 Å². The third-order valence-corrected chi connectivity index (χ3v) is 5.26. The van der Waals surface area contributed by atoms with Gasteiger partial charge in [-0.3, -0.25) is 14.6 Å². The summed E-state index contributed by atoms with van der Waals surface area (Å²) in [5.74, 6) is -0.490. The molecule has 7 nitrogen and oxygen atoms in total. The molecular formula is C26H24N4O3. The summed E-state index contributed by atoms with van der Waals surface area (Å²) in [6.07, 6.45) is 5.17. The van der Waals surface area contributed by atoms with E-state index in [1.807, 2.05) is 36.4 Å². The lowest BCUT2D eigenvalue weighted by atomic mass is 10.0. The Hall–Kier alpha value is -4.26. The quantitative estimate of drug-likeness (QED) is 0.379. The third kappa shape index (κ3) is 5.15. The number of pyridine rings is 2. The lowest BCUT2D eigenvalue weighted by molar-refractivity contribution is -0.144. The molecule has 1 amide bonds. The second-order valence-electron chi connectivity index (χ2n) is 7.51. The molecule has 0 fully saturated rings. The molecule has 7 heteroatoms. The molecule has 0 saturated heterocycles. The molecule has 4 aromatic rings. The van der Waals surface area contributed by atoms with E-state index in [0.717, 1.165) is 22.0 Å². The number of anilines is 3. The van der Waals surface area contributed by atoms with Crippen molar-refractivity contribution < 1.29 is 14.3 Å². The van der Waals surface area contributed by atoms with Crippen LogP contribution in [-0.4, -0.2) is 28.5 Å². The van der Waals surface area contributed by atoms with Gasteiger partial charge in [-0.05, 0) is 67.3 Å². The van der Waals surface area contributed by atoms with Crippen molar-refractivity contribution in [3.8, 4) is 0 Å². The fourth-order valence-electron chi connectivity index (χ4n) is 3.44. The predicted octanol–water partition coefficient (Wildman–Crippen LogP) is 5.29. The van der Waals surface area contributed by atoms with E-state index in [1.54, 1.807) is 56.7 Å². The average Bonchev–Trinajstić information content (AvgIpc) is 2.84. The van der Waals surface area contributed by atoms with Crippen molar-refractivity contribution in [1.29, 1.82) is 0 Å². The summed E-state index contributed by atoms with van der Waals surface area (Å²) < 4.78 is 5.07. The summed E-state index contributed by atoms with van der Waals surface area (Å²) in [5.41, 5.74) is 2.65. The number of hydrogen-bond acceptors (Lipinski definition) is 6. The highest BCUT2D eigenvalue weighted by Gasteiger charge is 2.17. The van der Waals surface area contributed by atoms with E-state index in [2.05, 4.69) is 20.6 Å². The van der Waals surface area contributed by atoms with Crippen molar-refractivity contribution in [2.24, 2.45) is 0 Å². The monoisotopic (exact) mass is 440 g/mol. The second kappa shape index (κ2) is 9.91. The van der Waals surface area contributed by atoms with Crippen molar-refractivity contribution in [1.82, 2.24) is 9.97 Å². The number of nitrogens with one attached hydrogen (secondary N) is 2. The van der Waals surface area contributed by atoms with Gasteiger partial charge in [-0.25, -0.2) is 4.98 Å². The van der Waals surface area contributed by atoms with Crippen LogP contribution in [0.2, 0.25) is 0 Å². The number of aromatic nitrogens is 2. The first-order valence-corrected chi connectivity index (χ1v) is 10.7. The lowest BCUT2D eigenvalue weighted by Crippen LogP contribution is -2.15. The fourth-order valence-corrected chi connectivity index (χ4v) is 3.44. The molecule has 2 heterocycles. The minimum atomic E-state index is -0.374. The van der Waals surface area contributed by atoms with Gasteiger partial charge >= 0.3 is 5.97 Å². The Balaban J connectivity index is 1.49. The zero-order chi connectivity index (χ0) is 23.2. The summed E-state index contributed by atoms with van der Waals surface area (Å²) >= 11 is 0. The lowest BCUT2D eigenvalue weighted by Gasteiger charge is -2.13. The largest absolute Gasteiger partial charge is 0.466 e. The first-order chi connectivity index (χ1) is 16.0. The number of esters is 1. The summed E-state index contributed by atoms with van der Waals surface area (Å²) in [7, 11) is 0. The zero-order valence-corrected chi connectivity index (χ0v) is 18.4. The van der Waals surface area contributed by atoms with Crippen molar-refractivity contribution in [2.45, 2.75) is 19.8 Å². The number of hydrogen-bond donors (Lipinski definition) is 2. The van der Waals surface area contributed by atoms with Crippen LogP contribution in [0.4, 0.5) is 17.2 Å².